The second kappa shape index (κ2) is 8.87. The van der Waals surface area contributed by atoms with Gasteiger partial charge in [0.1, 0.15) is 18.2 Å². The molecule has 7 heteroatoms. The lowest BCUT2D eigenvalue weighted by Crippen LogP contribution is -2.20. The Hall–Kier alpha value is -3.87. The predicted molar refractivity (Wildman–Crippen MR) is 117 cm³/mol. The van der Waals surface area contributed by atoms with Crippen LogP contribution in [0.5, 0.6) is 11.5 Å². The van der Waals surface area contributed by atoms with Gasteiger partial charge in [0.05, 0.1) is 25.3 Å². The number of fused-ring (bicyclic) bond motifs is 1. The third-order valence-electron chi connectivity index (χ3n) is 4.95. The van der Waals surface area contributed by atoms with E-state index in [1.54, 1.807) is 26.4 Å². The normalized spacial score (nSPS) is 10.8. The lowest BCUT2D eigenvalue weighted by molar-refractivity contribution is -0.116. The van der Waals surface area contributed by atoms with Crippen LogP contribution in [0.4, 0.5) is 10.1 Å². The number of para-hydroxylation sites is 2. The molecular formula is C24H22FN3O3. The topological polar surface area (TPSA) is 65.4 Å². The molecule has 3 aromatic carbocycles. The van der Waals surface area contributed by atoms with Gasteiger partial charge in [0.15, 0.2) is 11.5 Å². The number of ether oxygens (including phenoxy) is 2. The van der Waals surface area contributed by atoms with Crippen LogP contribution in [0.1, 0.15) is 11.4 Å². The van der Waals surface area contributed by atoms with Gasteiger partial charge in [0.25, 0.3) is 0 Å². The van der Waals surface area contributed by atoms with Crippen molar-refractivity contribution in [2.45, 2.75) is 13.0 Å². The van der Waals surface area contributed by atoms with Crippen molar-refractivity contribution in [3.63, 3.8) is 0 Å². The average Bonchev–Trinajstić information content (AvgIpc) is 3.10. The molecule has 0 aliphatic carbocycles. The average molecular weight is 419 g/mol. The molecular weight excluding hydrogens is 397 g/mol. The van der Waals surface area contributed by atoms with Crippen molar-refractivity contribution >= 4 is 22.6 Å². The summed E-state index contributed by atoms with van der Waals surface area (Å²) in [6.07, 6.45) is 0.502. The first-order chi connectivity index (χ1) is 15.1. The second-order valence-electron chi connectivity index (χ2n) is 7.03. The summed E-state index contributed by atoms with van der Waals surface area (Å²) in [4.78, 5) is 17.4. The number of halogens is 1. The highest BCUT2D eigenvalue weighted by atomic mass is 19.1. The molecule has 4 aromatic rings. The molecule has 0 spiro atoms. The van der Waals surface area contributed by atoms with Crippen LogP contribution in [-0.2, 0) is 17.8 Å². The molecule has 0 fully saturated rings. The fraction of sp³-hybridized carbons (Fsp3) is 0.167. The summed E-state index contributed by atoms with van der Waals surface area (Å²) >= 11 is 0. The van der Waals surface area contributed by atoms with E-state index >= 15 is 0 Å². The largest absolute Gasteiger partial charge is 0.493 e. The Morgan fingerprint density at radius 3 is 2.58 bits per heavy atom. The molecule has 31 heavy (non-hydrogen) atoms. The molecule has 4 rings (SSSR count). The van der Waals surface area contributed by atoms with Gasteiger partial charge in [-0.3, -0.25) is 4.79 Å². The van der Waals surface area contributed by atoms with Crippen molar-refractivity contribution in [2.24, 2.45) is 0 Å². The van der Waals surface area contributed by atoms with Crippen LogP contribution in [0.15, 0.2) is 66.7 Å². The number of nitrogens with zero attached hydrogens (tertiary/aromatic N) is 2. The van der Waals surface area contributed by atoms with Crippen molar-refractivity contribution in [1.82, 2.24) is 9.55 Å². The quantitative estimate of drug-likeness (QED) is 0.482. The molecule has 0 radical (unpaired) electrons. The predicted octanol–water partition coefficient (Wildman–Crippen LogP) is 4.42. The standard InChI is InChI=1S/C24H22FN3O3/c1-30-21-11-10-16(12-22(21)31-2)13-23-27-19-8-3-4-9-20(19)28(23)15-24(29)26-18-7-5-6-17(25)14-18/h3-12,14H,13,15H2,1-2H3,(H,26,29). The third kappa shape index (κ3) is 4.50. The number of imidazole rings is 1. The Morgan fingerprint density at radius 1 is 1.00 bits per heavy atom. The number of hydrogen-bond donors (Lipinski definition) is 1. The highest BCUT2D eigenvalue weighted by Crippen LogP contribution is 2.29. The fourth-order valence-corrected chi connectivity index (χ4v) is 3.52. The molecule has 0 bridgehead atoms. The maximum Gasteiger partial charge on any atom is 0.244 e. The first-order valence-electron chi connectivity index (χ1n) is 9.78. The number of amides is 1. The number of carbonyl (C=O) groups is 1. The highest BCUT2D eigenvalue weighted by Gasteiger charge is 2.15. The highest BCUT2D eigenvalue weighted by molar-refractivity contribution is 5.91. The second-order valence-corrected chi connectivity index (χ2v) is 7.03. The third-order valence-corrected chi connectivity index (χ3v) is 4.95. The summed E-state index contributed by atoms with van der Waals surface area (Å²) in [6, 6.07) is 19.2. The summed E-state index contributed by atoms with van der Waals surface area (Å²) in [5, 5.41) is 2.75. The molecule has 0 saturated heterocycles. The van der Waals surface area contributed by atoms with E-state index in [1.165, 1.54) is 12.1 Å². The molecule has 0 saturated carbocycles. The van der Waals surface area contributed by atoms with Gasteiger partial charge in [0.2, 0.25) is 5.91 Å². The molecule has 6 nitrogen and oxygen atoms in total. The van der Waals surface area contributed by atoms with Crippen molar-refractivity contribution in [3.8, 4) is 11.5 Å². The van der Waals surface area contributed by atoms with E-state index in [4.69, 9.17) is 14.5 Å². The number of nitrogens with one attached hydrogen (secondary N) is 1. The molecule has 0 unspecified atom stereocenters. The Balaban J connectivity index is 1.64. The van der Waals surface area contributed by atoms with E-state index in [-0.39, 0.29) is 12.5 Å². The van der Waals surface area contributed by atoms with Crippen LogP contribution in [0.3, 0.4) is 0 Å². The zero-order chi connectivity index (χ0) is 21.8. The number of carbonyl (C=O) groups excluding carboxylic acids is 1. The number of methoxy groups -OCH3 is 2. The van der Waals surface area contributed by atoms with E-state index in [0.717, 1.165) is 22.4 Å². The monoisotopic (exact) mass is 419 g/mol. The van der Waals surface area contributed by atoms with Gasteiger partial charge in [-0.05, 0) is 48.0 Å². The van der Waals surface area contributed by atoms with E-state index in [1.807, 2.05) is 47.0 Å². The van der Waals surface area contributed by atoms with E-state index < -0.39 is 5.82 Å². The van der Waals surface area contributed by atoms with Gasteiger partial charge >= 0.3 is 0 Å². The molecule has 0 atom stereocenters. The zero-order valence-corrected chi connectivity index (χ0v) is 17.3. The Bertz CT molecular complexity index is 1240. The van der Waals surface area contributed by atoms with Crippen LogP contribution in [0, 0.1) is 5.82 Å². The van der Waals surface area contributed by atoms with Crippen LogP contribution in [0.25, 0.3) is 11.0 Å². The van der Waals surface area contributed by atoms with E-state index in [9.17, 15) is 9.18 Å². The van der Waals surface area contributed by atoms with Gasteiger partial charge < -0.3 is 19.4 Å². The number of rotatable bonds is 7. The van der Waals surface area contributed by atoms with Crippen LogP contribution in [0.2, 0.25) is 0 Å². The first-order valence-corrected chi connectivity index (χ1v) is 9.78. The van der Waals surface area contributed by atoms with Gasteiger partial charge in [-0.15, -0.1) is 0 Å². The van der Waals surface area contributed by atoms with Gasteiger partial charge in [-0.25, -0.2) is 9.37 Å². The summed E-state index contributed by atoms with van der Waals surface area (Å²) < 4.78 is 26.0. The van der Waals surface area contributed by atoms with Gasteiger partial charge in [0, 0.05) is 12.1 Å². The molecule has 1 aromatic heterocycles. The van der Waals surface area contributed by atoms with E-state index in [0.29, 0.717) is 23.6 Å². The van der Waals surface area contributed by atoms with Crippen molar-refractivity contribution < 1.29 is 18.7 Å². The number of hydrogen-bond acceptors (Lipinski definition) is 4. The lowest BCUT2D eigenvalue weighted by Gasteiger charge is -2.12. The SMILES string of the molecule is COc1ccc(Cc2nc3ccccc3n2CC(=O)Nc2cccc(F)c2)cc1OC. The van der Waals surface area contributed by atoms with Crippen molar-refractivity contribution in [1.29, 1.82) is 0 Å². The minimum Gasteiger partial charge on any atom is -0.493 e. The lowest BCUT2D eigenvalue weighted by atomic mass is 10.1. The number of benzene rings is 3. The van der Waals surface area contributed by atoms with Crippen LogP contribution in [-0.4, -0.2) is 29.7 Å². The van der Waals surface area contributed by atoms with Crippen LogP contribution >= 0.6 is 0 Å². The Labute approximate surface area is 179 Å². The smallest absolute Gasteiger partial charge is 0.244 e. The van der Waals surface area contributed by atoms with Gasteiger partial charge in [-0.1, -0.05) is 24.3 Å². The maximum absolute atomic E-state index is 13.4. The summed E-state index contributed by atoms with van der Waals surface area (Å²) in [5.74, 6) is 1.35. The maximum atomic E-state index is 13.4. The van der Waals surface area contributed by atoms with Crippen LogP contribution < -0.4 is 14.8 Å². The number of anilines is 1. The molecule has 1 N–H and O–H groups in total. The number of aromatic nitrogens is 2. The molecule has 0 aliphatic rings. The summed E-state index contributed by atoms with van der Waals surface area (Å²) in [7, 11) is 3.18. The van der Waals surface area contributed by atoms with Gasteiger partial charge in [-0.2, -0.15) is 0 Å². The Morgan fingerprint density at radius 2 is 1.81 bits per heavy atom. The molecule has 0 aliphatic heterocycles. The first kappa shape index (κ1) is 20.4. The summed E-state index contributed by atoms with van der Waals surface area (Å²) in [6.45, 7) is 0.0552. The van der Waals surface area contributed by atoms with Crippen molar-refractivity contribution in [3.05, 3.63) is 83.9 Å². The molecule has 1 heterocycles. The molecule has 158 valence electrons. The van der Waals surface area contributed by atoms with E-state index in [2.05, 4.69) is 5.32 Å². The molecule has 1 amide bonds. The Kier molecular flexibility index (Phi) is 5.84. The minimum absolute atomic E-state index is 0.0552. The van der Waals surface area contributed by atoms with Crippen molar-refractivity contribution in [2.75, 3.05) is 19.5 Å². The minimum atomic E-state index is -0.403. The fourth-order valence-electron chi connectivity index (χ4n) is 3.52. The zero-order valence-electron chi connectivity index (χ0n) is 17.3. The summed E-state index contributed by atoms with van der Waals surface area (Å²) in [5.41, 5.74) is 3.04.